The van der Waals surface area contributed by atoms with Crippen LogP contribution in [0.15, 0.2) is 36.5 Å². The van der Waals surface area contributed by atoms with Crippen LogP contribution in [0.5, 0.6) is 0 Å². The molecule has 0 spiro atoms. The van der Waals surface area contributed by atoms with Gasteiger partial charge in [-0.3, -0.25) is 9.82 Å². The Kier molecular flexibility index (Phi) is 3.66. The van der Waals surface area contributed by atoms with E-state index in [1.807, 2.05) is 19.1 Å². The summed E-state index contributed by atoms with van der Waals surface area (Å²) in [4.78, 5) is 0. The van der Waals surface area contributed by atoms with Gasteiger partial charge in [-0.05, 0) is 24.6 Å². The van der Waals surface area contributed by atoms with Gasteiger partial charge in [0.05, 0.1) is 11.4 Å². The molecule has 0 amide bonds. The van der Waals surface area contributed by atoms with E-state index < -0.39 is 10.0 Å². The Bertz CT molecular complexity index is 606. The number of hydrogen-bond acceptors (Lipinski definition) is 3. The number of sulfonamides is 1. The molecule has 1 aromatic carbocycles. The SMILES string of the molecule is CCCS(=O)(=O)Nc1cccc(-c2ccn[nH]2)c1. The molecule has 96 valence electrons. The van der Waals surface area contributed by atoms with Crippen LogP contribution in [0.25, 0.3) is 11.3 Å². The number of H-pyrrole nitrogens is 1. The fourth-order valence-corrected chi connectivity index (χ4v) is 2.79. The maximum Gasteiger partial charge on any atom is 0.232 e. The molecule has 0 aliphatic rings. The molecule has 0 fully saturated rings. The first-order valence-electron chi connectivity index (χ1n) is 5.71. The van der Waals surface area contributed by atoms with E-state index in [1.54, 1.807) is 24.4 Å². The molecule has 0 atom stereocenters. The molecule has 1 heterocycles. The molecule has 0 bridgehead atoms. The highest BCUT2D eigenvalue weighted by atomic mass is 32.2. The number of aromatic nitrogens is 2. The Balaban J connectivity index is 2.23. The molecule has 2 N–H and O–H groups in total. The van der Waals surface area contributed by atoms with Crippen LogP contribution in [0.1, 0.15) is 13.3 Å². The summed E-state index contributed by atoms with van der Waals surface area (Å²) in [5.41, 5.74) is 2.31. The summed E-state index contributed by atoms with van der Waals surface area (Å²) < 4.78 is 25.9. The topological polar surface area (TPSA) is 74.8 Å². The molecule has 2 aromatic rings. The molecule has 1 aromatic heterocycles. The molecule has 0 aliphatic heterocycles. The lowest BCUT2D eigenvalue weighted by Crippen LogP contribution is -2.15. The lowest BCUT2D eigenvalue weighted by Gasteiger charge is -2.08. The number of benzene rings is 1. The monoisotopic (exact) mass is 265 g/mol. The Morgan fingerprint density at radius 2 is 2.17 bits per heavy atom. The van der Waals surface area contributed by atoms with E-state index >= 15 is 0 Å². The second kappa shape index (κ2) is 5.22. The van der Waals surface area contributed by atoms with Gasteiger partial charge in [0.1, 0.15) is 0 Å². The minimum atomic E-state index is -3.25. The molecular formula is C12H15N3O2S. The van der Waals surface area contributed by atoms with Gasteiger partial charge < -0.3 is 0 Å². The number of rotatable bonds is 5. The molecule has 18 heavy (non-hydrogen) atoms. The van der Waals surface area contributed by atoms with Gasteiger partial charge in [0.15, 0.2) is 0 Å². The number of nitrogens with zero attached hydrogens (tertiary/aromatic N) is 1. The third-order valence-corrected chi connectivity index (χ3v) is 3.91. The molecule has 0 aliphatic carbocycles. The van der Waals surface area contributed by atoms with Crippen LogP contribution in [-0.2, 0) is 10.0 Å². The van der Waals surface area contributed by atoms with Gasteiger partial charge in [-0.2, -0.15) is 5.10 Å². The molecule has 2 rings (SSSR count). The van der Waals surface area contributed by atoms with Crippen molar-refractivity contribution in [2.45, 2.75) is 13.3 Å². The van der Waals surface area contributed by atoms with Gasteiger partial charge in [-0.25, -0.2) is 8.42 Å². The van der Waals surface area contributed by atoms with Crippen LogP contribution in [0.2, 0.25) is 0 Å². The van der Waals surface area contributed by atoms with Gasteiger partial charge in [0.2, 0.25) is 10.0 Å². The van der Waals surface area contributed by atoms with Crippen molar-refractivity contribution >= 4 is 15.7 Å². The van der Waals surface area contributed by atoms with Crippen molar-refractivity contribution in [3.05, 3.63) is 36.5 Å². The van der Waals surface area contributed by atoms with Crippen molar-refractivity contribution in [1.29, 1.82) is 0 Å². The van der Waals surface area contributed by atoms with E-state index in [0.717, 1.165) is 11.3 Å². The third kappa shape index (κ3) is 3.10. The van der Waals surface area contributed by atoms with Gasteiger partial charge in [-0.15, -0.1) is 0 Å². The lowest BCUT2D eigenvalue weighted by molar-refractivity contribution is 0.600. The standard InChI is InChI=1S/C12H15N3O2S/c1-2-8-18(16,17)15-11-5-3-4-10(9-11)12-6-7-13-14-12/h3-7,9,15H,2,8H2,1H3,(H,13,14). The zero-order valence-electron chi connectivity index (χ0n) is 10.1. The minimum Gasteiger partial charge on any atom is -0.284 e. The first-order valence-corrected chi connectivity index (χ1v) is 7.36. The minimum absolute atomic E-state index is 0.126. The summed E-state index contributed by atoms with van der Waals surface area (Å²) in [6.07, 6.45) is 2.25. The fourth-order valence-electron chi connectivity index (χ4n) is 1.67. The van der Waals surface area contributed by atoms with Crippen LogP contribution in [0, 0.1) is 0 Å². The van der Waals surface area contributed by atoms with Crippen LogP contribution in [0.3, 0.4) is 0 Å². The van der Waals surface area contributed by atoms with E-state index in [0.29, 0.717) is 12.1 Å². The summed E-state index contributed by atoms with van der Waals surface area (Å²) in [5, 5.41) is 6.71. The van der Waals surface area contributed by atoms with E-state index in [-0.39, 0.29) is 5.75 Å². The largest absolute Gasteiger partial charge is 0.284 e. The van der Waals surface area contributed by atoms with Crippen LogP contribution >= 0.6 is 0 Å². The van der Waals surface area contributed by atoms with Crippen molar-refractivity contribution in [2.75, 3.05) is 10.5 Å². The van der Waals surface area contributed by atoms with E-state index in [1.165, 1.54) is 0 Å². The van der Waals surface area contributed by atoms with Crippen molar-refractivity contribution in [2.24, 2.45) is 0 Å². The summed E-state index contributed by atoms with van der Waals surface area (Å²) in [6.45, 7) is 1.83. The van der Waals surface area contributed by atoms with Crippen molar-refractivity contribution in [3.8, 4) is 11.3 Å². The highest BCUT2D eigenvalue weighted by molar-refractivity contribution is 7.92. The van der Waals surface area contributed by atoms with Gasteiger partial charge in [0, 0.05) is 17.4 Å². The number of hydrogen-bond donors (Lipinski definition) is 2. The van der Waals surface area contributed by atoms with E-state index in [2.05, 4.69) is 14.9 Å². The van der Waals surface area contributed by atoms with E-state index in [4.69, 9.17) is 0 Å². The third-order valence-electron chi connectivity index (χ3n) is 2.42. The first-order chi connectivity index (χ1) is 8.61. The Morgan fingerprint density at radius 1 is 1.33 bits per heavy atom. The highest BCUT2D eigenvalue weighted by Gasteiger charge is 2.09. The summed E-state index contributed by atoms with van der Waals surface area (Å²) in [7, 11) is -3.25. The average Bonchev–Trinajstić information content (AvgIpc) is 2.81. The smallest absolute Gasteiger partial charge is 0.232 e. The van der Waals surface area contributed by atoms with E-state index in [9.17, 15) is 8.42 Å². The number of nitrogens with one attached hydrogen (secondary N) is 2. The molecule has 0 saturated heterocycles. The predicted molar refractivity (Wildman–Crippen MR) is 71.7 cm³/mol. The Hall–Kier alpha value is -1.82. The van der Waals surface area contributed by atoms with Gasteiger partial charge in [0.25, 0.3) is 0 Å². The molecule has 0 radical (unpaired) electrons. The Labute approximate surface area is 106 Å². The second-order valence-electron chi connectivity index (χ2n) is 3.97. The molecular weight excluding hydrogens is 250 g/mol. The number of anilines is 1. The fraction of sp³-hybridized carbons (Fsp3) is 0.250. The van der Waals surface area contributed by atoms with Gasteiger partial charge >= 0.3 is 0 Å². The molecule has 5 nitrogen and oxygen atoms in total. The van der Waals surface area contributed by atoms with Crippen molar-refractivity contribution < 1.29 is 8.42 Å². The summed E-state index contributed by atoms with van der Waals surface area (Å²) in [5.74, 6) is 0.126. The highest BCUT2D eigenvalue weighted by Crippen LogP contribution is 2.21. The lowest BCUT2D eigenvalue weighted by atomic mass is 10.1. The van der Waals surface area contributed by atoms with Crippen LogP contribution in [-0.4, -0.2) is 24.4 Å². The maximum atomic E-state index is 11.7. The molecule has 0 saturated carbocycles. The van der Waals surface area contributed by atoms with Crippen LogP contribution in [0.4, 0.5) is 5.69 Å². The Morgan fingerprint density at radius 3 is 2.83 bits per heavy atom. The van der Waals surface area contributed by atoms with Gasteiger partial charge in [-0.1, -0.05) is 19.1 Å². The zero-order valence-corrected chi connectivity index (χ0v) is 10.9. The molecule has 0 unspecified atom stereocenters. The quantitative estimate of drug-likeness (QED) is 0.870. The average molecular weight is 265 g/mol. The number of aromatic amines is 1. The first kappa shape index (κ1) is 12.6. The predicted octanol–water partition coefficient (Wildman–Crippen LogP) is 2.23. The zero-order chi connectivity index (χ0) is 13.0. The molecule has 6 heteroatoms. The van der Waals surface area contributed by atoms with Crippen LogP contribution < -0.4 is 4.72 Å². The second-order valence-corrected chi connectivity index (χ2v) is 5.81. The maximum absolute atomic E-state index is 11.7. The van der Waals surface area contributed by atoms with Crippen molar-refractivity contribution in [1.82, 2.24) is 10.2 Å². The summed E-state index contributed by atoms with van der Waals surface area (Å²) >= 11 is 0. The summed E-state index contributed by atoms with van der Waals surface area (Å²) in [6, 6.07) is 9.04. The normalized spacial score (nSPS) is 11.4. The van der Waals surface area contributed by atoms with Crippen molar-refractivity contribution in [3.63, 3.8) is 0 Å².